The Labute approximate surface area is 227 Å². The molecule has 1 aromatic carbocycles. The number of hydrogen-bond donors (Lipinski definition) is 2. The van der Waals surface area contributed by atoms with Gasteiger partial charge in [-0.2, -0.15) is 0 Å². The molecule has 1 aliphatic heterocycles. The van der Waals surface area contributed by atoms with Gasteiger partial charge in [-0.25, -0.2) is 0 Å². The molecule has 1 saturated heterocycles. The molecule has 8 nitrogen and oxygen atoms in total. The fraction of sp³-hybridized carbons (Fsp3) is 0.241. The van der Waals surface area contributed by atoms with Gasteiger partial charge >= 0.3 is 0 Å². The van der Waals surface area contributed by atoms with Crippen LogP contribution in [0.1, 0.15) is 40.3 Å². The summed E-state index contributed by atoms with van der Waals surface area (Å²) in [5.74, 6) is -0.201. The average molecular weight is 527 g/mol. The summed E-state index contributed by atoms with van der Waals surface area (Å²) in [7, 11) is 1.50. The van der Waals surface area contributed by atoms with Crippen LogP contribution in [0.25, 0.3) is 0 Å². The summed E-state index contributed by atoms with van der Waals surface area (Å²) in [6.45, 7) is 5.03. The summed E-state index contributed by atoms with van der Waals surface area (Å²) >= 11 is 5.89. The Kier molecular flexibility index (Phi) is 7.48. The first-order chi connectivity index (χ1) is 18.5. The smallest absolute Gasteiger partial charge is 0.250 e. The minimum Gasteiger partial charge on any atom is -0.375 e. The number of benzene rings is 1. The molecule has 194 valence electrons. The standard InChI is InChI=1S/C29H30N6O2S/c1-19-15-24(20(2)34(19)17-21-7-6-13-30-16-21)28-27(25-8-4-5-14-31-25)33-29(38)35(28)23-11-9-22(10-12-23)32-26(36)18-37-3/h4-16,27-28H,17-18H2,1-3H3,(H,32,36)(H,33,38)/t27-,28-/m1/s1. The Morgan fingerprint density at radius 3 is 2.61 bits per heavy atom. The number of amides is 1. The van der Waals surface area contributed by atoms with Crippen LogP contribution in [0.2, 0.25) is 0 Å². The number of aryl methyl sites for hydroxylation is 1. The Morgan fingerprint density at radius 2 is 1.92 bits per heavy atom. The van der Waals surface area contributed by atoms with E-state index in [2.05, 4.69) is 56.0 Å². The Morgan fingerprint density at radius 1 is 1.11 bits per heavy atom. The molecule has 4 heterocycles. The number of thiocarbonyl (C=S) groups is 1. The van der Waals surface area contributed by atoms with Gasteiger partial charge < -0.3 is 24.8 Å². The molecule has 9 heteroatoms. The maximum atomic E-state index is 12.0. The molecular weight excluding hydrogens is 496 g/mol. The molecule has 5 rings (SSSR count). The number of rotatable bonds is 8. The van der Waals surface area contributed by atoms with E-state index in [0.717, 1.165) is 34.9 Å². The molecule has 4 aromatic rings. The SMILES string of the molecule is COCC(=O)Nc1ccc(N2C(=S)N[C@H](c3ccccn3)[C@H]2c2cc(C)n(Cc3cccnc3)c2C)cc1. The molecule has 38 heavy (non-hydrogen) atoms. The molecule has 2 atom stereocenters. The minimum atomic E-state index is -0.201. The molecule has 1 aliphatic rings. The number of anilines is 2. The lowest BCUT2D eigenvalue weighted by Gasteiger charge is -2.28. The van der Waals surface area contributed by atoms with Crippen molar-refractivity contribution >= 4 is 34.6 Å². The zero-order valence-corrected chi connectivity index (χ0v) is 22.4. The summed E-state index contributed by atoms with van der Waals surface area (Å²) < 4.78 is 7.23. The molecule has 2 N–H and O–H groups in total. The van der Waals surface area contributed by atoms with Crippen LogP contribution in [0.15, 0.2) is 79.3 Å². The molecular formula is C29H30N6O2S. The fourth-order valence-corrected chi connectivity index (χ4v) is 5.37. The van der Waals surface area contributed by atoms with E-state index in [1.54, 1.807) is 6.20 Å². The van der Waals surface area contributed by atoms with Crippen molar-refractivity contribution in [1.29, 1.82) is 0 Å². The molecule has 0 saturated carbocycles. The predicted octanol–water partition coefficient (Wildman–Crippen LogP) is 4.71. The quantitative estimate of drug-likeness (QED) is 0.322. The van der Waals surface area contributed by atoms with E-state index < -0.39 is 0 Å². The highest BCUT2D eigenvalue weighted by Crippen LogP contribution is 2.43. The first-order valence-corrected chi connectivity index (χ1v) is 12.8. The fourth-order valence-electron chi connectivity index (χ4n) is 5.03. The minimum absolute atomic E-state index is 0.00434. The van der Waals surface area contributed by atoms with Crippen LogP contribution < -0.4 is 15.5 Å². The van der Waals surface area contributed by atoms with Crippen LogP contribution >= 0.6 is 12.2 Å². The van der Waals surface area contributed by atoms with Crippen LogP contribution in [0.4, 0.5) is 11.4 Å². The van der Waals surface area contributed by atoms with E-state index in [0.29, 0.717) is 10.8 Å². The van der Waals surface area contributed by atoms with E-state index in [-0.39, 0.29) is 24.6 Å². The third kappa shape index (κ3) is 5.16. The van der Waals surface area contributed by atoms with E-state index >= 15 is 0 Å². The first kappa shape index (κ1) is 25.6. The summed E-state index contributed by atoms with van der Waals surface area (Å²) in [6.07, 6.45) is 5.50. The van der Waals surface area contributed by atoms with Gasteiger partial charge in [-0.15, -0.1) is 0 Å². The number of ether oxygens (including phenoxy) is 1. The molecule has 1 fully saturated rings. The summed E-state index contributed by atoms with van der Waals surface area (Å²) in [5, 5.41) is 6.99. The number of hydrogen-bond acceptors (Lipinski definition) is 5. The molecule has 0 spiro atoms. The van der Waals surface area contributed by atoms with Crippen LogP contribution in [0, 0.1) is 13.8 Å². The highest BCUT2D eigenvalue weighted by atomic mass is 32.1. The number of carbonyl (C=O) groups excluding carboxylic acids is 1. The number of carbonyl (C=O) groups is 1. The number of methoxy groups -OCH3 is 1. The van der Waals surface area contributed by atoms with Crippen molar-refractivity contribution in [1.82, 2.24) is 19.9 Å². The largest absolute Gasteiger partial charge is 0.375 e. The van der Waals surface area contributed by atoms with Gasteiger partial charge in [-0.3, -0.25) is 14.8 Å². The van der Waals surface area contributed by atoms with Crippen molar-refractivity contribution in [2.45, 2.75) is 32.5 Å². The molecule has 0 radical (unpaired) electrons. The zero-order valence-electron chi connectivity index (χ0n) is 21.6. The highest BCUT2D eigenvalue weighted by Gasteiger charge is 2.42. The van der Waals surface area contributed by atoms with Crippen LogP contribution in [-0.2, 0) is 16.1 Å². The van der Waals surface area contributed by atoms with Gasteiger partial charge in [-0.05, 0) is 85.7 Å². The number of nitrogens with zero attached hydrogens (tertiary/aromatic N) is 4. The van der Waals surface area contributed by atoms with E-state index in [4.69, 9.17) is 17.0 Å². The van der Waals surface area contributed by atoms with Crippen molar-refractivity contribution in [2.24, 2.45) is 0 Å². The normalized spacial score (nSPS) is 16.9. The number of aromatic nitrogens is 3. The van der Waals surface area contributed by atoms with Crippen LogP contribution in [-0.4, -0.2) is 39.3 Å². The van der Waals surface area contributed by atoms with Gasteiger partial charge in [0.05, 0.1) is 17.8 Å². The maximum Gasteiger partial charge on any atom is 0.250 e. The van der Waals surface area contributed by atoms with E-state index in [9.17, 15) is 4.79 Å². The Bertz CT molecular complexity index is 1420. The third-order valence-electron chi connectivity index (χ3n) is 6.80. The topological polar surface area (TPSA) is 84.3 Å². The molecule has 0 unspecified atom stereocenters. The summed E-state index contributed by atoms with van der Waals surface area (Å²) in [4.78, 5) is 23.0. The molecule has 1 amide bonds. The van der Waals surface area contributed by atoms with Crippen LogP contribution in [0.5, 0.6) is 0 Å². The lowest BCUT2D eigenvalue weighted by atomic mass is 9.96. The second-order valence-corrected chi connectivity index (χ2v) is 9.69. The average Bonchev–Trinajstić information content (AvgIpc) is 3.41. The lowest BCUT2D eigenvalue weighted by Crippen LogP contribution is -2.29. The summed E-state index contributed by atoms with van der Waals surface area (Å²) in [5.41, 5.74) is 7.18. The molecule has 3 aromatic heterocycles. The third-order valence-corrected chi connectivity index (χ3v) is 7.11. The molecule has 0 aliphatic carbocycles. The van der Waals surface area contributed by atoms with Crippen molar-refractivity contribution in [2.75, 3.05) is 23.9 Å². The molecule has 0 bridgehead atoms. The van der Waals surface area contributed by atoms with Crippen molar-refractivity contribution in [3.05, 3.63) is 107 Å². The van der Waals surface area contributed by atoms with Gasteiger partial charge in [0.2, 0.25) is 5.91 Å². The predicted molar refractivity (Wildman–Crippen MR) is 152 cm³/mol. The monoisotopic (exact) mass is 526 g/mol. The van der Waals surface area contributed by atoms with Gasteiger partial charge in [0.1, 0.15) is 6.61 Å². The lowest BCUT2D eigenvalue weighted by molar-refractivity contribution is -0.119. The maximum absolute atomic E-state index is 12.0. The number of nitrogens with one attached hydrogen (secondary N) is 2. The Hall–Kier alpha value is -4.08. The van der Waals surface area contributed by atoms with Gasteiger partial charge in [-0.1, -0.05) is 12.1 Å². The second kappa shape index (κ2) is 11.1. The van der Waals surface area contributed by atoms with Crippen LogP contribution in [0.3, 0.4) is 0 Å². The first-order valence-electron chi connectivity index (χ1n) is 12.4. The second-order valence-electron chi connectivity index (χ2n) is 9.30. The van der Waals surface area contributed by atoms with Gasteiger partial charge in [0.25, 0.3) is 0 Å². The summed E-state index contributed by atoms with van der Waals surface area (Å²) in [6, 6.07) is 19.7. The van der Waals surface area contributed by atoms with Crippen molar-refractivity contribution < 1.29 is 9.53 Å². The number of pyridine rings is 2. The van der Waals surface area contributed by atoms with Gasteiger partial charge in [0, 0.05) is 55.0 Å². The van der Waals surface area contributed by atoms with Gasteiger partial charge in [0.15, 0.2) is 5.11 Å². The van der Waals surface area contributed by atoms with E-state index in [1.165, 1.54) is 12.7 Å². The van der Waals surface area contributed by atoms with Crippen molar-refractivity contribution in [3.63, 3.8) is 0 Å². The van der Waals surface area contributed by atoms with Crippen molar-refractivity contribution in [3.8, 4) is 0 Å². The van der Waals surface area contributed by atoms with E-state index in [1.807, 2.05) is 60.9 Å². The Balaban J connectivity index is 1.54. The zero-order chi connectivity index (χ0) is 26.6. The highest BCUT2D eigenvalue weighted by molar-refractivity contribution is 7.80.